The largest absolute Gasteiger partial charge is 0.340 e. The Balaban J connectivity index is 2.92. The Kier molecular flexibility index (Phi) is 13.6. The molecule has 2 N–H and O–H groups in total. The molecule has 72 valence electrons. The lowest BCUT2D eigenvalue weighted by Crippen LogP contribution is -1.85. The number of nitrogens with one attached hydrogen (secondary N) is 2. The van der Waals surface area contributed by atoms with Gasteiger partial charge in [-0.3, -0.25) is 4.86 Å². The maximum absolute atomic E-state index is 5.25. The number of hydrogen-bond acceptors (Lipinski definition) is 3. The van der Waals surface area contributed by atoms with Crippen LogP contribution in [-0.2, 0) is 4.52 Å². The van der Waals surface area contributed by atoms with Gasteiger partial charge in [-0.05, 0) is 6.42 Å². The van der Waals surface area contributed by atoms with Gasteiger partial charge in [-0.1, -0.05) is 22.7 Å². The van der Waals surface area contributed by atoms with E-state index >= 15 is 0 Å². The lowest BCUT2D eigenvalue weighted by Gasteiger charge is -1.96. The van der Waals surface area contributed by atoms with Crippen molar-refractivity contribution in [3.05, 3.63) is 0 Å². The second kappa shape index (κ2) is 12.3. The minimum Gasteiger partial charge on any atom is -0.340 e. The maximum Gasteiger partial charge on any atom is 0.143 e. The first-order chi connectivity index (χ1) is 5.91. The highest BCUT2D eigenvalue weighted by molar-refractivity contribution is 7.53. The van der Waals surface area contributed by atoms with Gasteiger partial charge in [0.15, 0.2) is 0 Å². The van der Waals surface area contributed by atoms with Crippen molar-refractivity contribution in [1.29, 1.82) is 0 Å². The molecular formula is C4H15N3OP4. The summed E-state index contributed by atoms with van der Waals surface area (Å²) in [5.41, 5.74) is 0. The highest BCUT2D eigenvalue weighted by Gasteiger charge is 1.83. The molecule has 0 bridgehead atoms. The Morgan fingerprint density at radius 2 is 2.50 bits per heavy atom. The van der Waals surface area contributed by atoms with Gasteiger partial charge in [0.25, 0.3) is 0 Å². The Morgan fingerprint density at radius 1 is 1.67 bits per heavy atom. The molecule has 0 aromatic rings. The Morgan fingerprint density at radius 3 is 3.17 bits per heavy atom. The molecule has 0 saturated heterocycles. The van der Waals surface area contributed by atoms with Crippen LogP contribution in [0.5, 0.6) is 0 Å². The fourth-order valence-corrected chi connectivity index (χ4v) is 2.71. The highest BCUT2D eigenvalue weighted by atomic mass is 31.2. The number of nitrogens with zero attached hydrogens (tertiary/aromatic N) is 1. The third-order valence-corrected chi connectivity index (χ3v) is 3.42. The van der Waals surface area contributed by atoms with Crippen molar-refractivity contribution in [2.24, 2.45) is 4.52 Å². The quantitative estimate of drug-likeness (QED) is 0.510. The van der Waals surface area contributed by atoms with Crippen LogP contribution in [0.1, 0.15) is 19.8 Å². The van der Waals surface area contributed by atoms with Crippen molar-refractivity contribution in [1.82, 2.24) is 9.72 Å². The van der Waals surface area contributed by atoms with Gasteiger partial charge in [-0.15, -0.1) is 0 Å². The average molecular weight is 245 g/mol. The second-order valence-corrected chi connectivity index (χ2v) is 5.64. The van der Waals surface area contributed by atoms with Gasteiger partial charge >= 0.3 is 0 Å². The van der Waals surface area contributed by atoms with E-state index in [0.29, 0.717) is 8.88 Å². The second-order valence-electron chi connectivity index (χ2n) is 1.87. The van der Waals surface area contributed by atoms with E-state index in [1.54, 1.807) is 0 Å². The molecule has 0 aliphatic carbocycles. The molecule has 12 heavy (non-hydrogen) atoms. The van der Waals surface area contributed by atoms with Crippen LogP contribution in [0.15, 0.2) is 4.52 Å². The molecule has 0 amide bonds. The zero-order chi connectivity index (χ0) is 9.07. The molecule has 0 rings (SSSR count). The van der Waals surface area contributed by atoms with Crippen LogP contribution in [0, 0.1) is 0 Å². The minimum atomic E-state index is 0.273. The fraction of sp³-hybridized carbons (Fsp3) is 1.00. The first kappa shape index (κ1) is 13.3. The monoisotopic (exact) mass is 245 g/mol. The third kappa shape index (κ3) is 11.3. The first-order valence-electron chi connectivity index (χ1n) is 3.64. The van der Waals surface area contributed by atoms with E-state index in [4.69, 9.17) is 4.52 Å². The minimum absolute atomic E-state index is 0.273. The summed E-state index contributed by atoms with van der Waals surface area (Å²) < 4.78 is 9.35. The molecule has 4 nitrogen and oxygen atoms in total. The van der Waals surface area contributed by atoms with Crippen LogP contribution >= 0.6 is 35.8 Å². The van der Waals surface area contributed by atoms with Crippen molar-refractivity contribution in [2.75, 3.05) is 6.61 Å². The lowest BCUT2D eigenvalue weighted by atomic mass is 10.4. The molecule has 0 aromatic carbocycles. The zero-order valence-electron chi connectivity index (χ0n) is 7.00. The van der Waals surface area contributed by atoms with Crippen LogP contribution in [0.2, 0.25) is 0 Å². The predicted molar refractivity (Wildman–Crippen MR) is 62.8 cm³/mol. The molecule has 0 fully saturated rings. The molecule has 3 atom stereocenters. The first-order valence-corrected chi connectivity index (χ1v) is 6.92. The molecule has 0 radical (unpaired) electrons. The van der Waals surface area contributed by atoms with E-state index in [9.17, 15) is 0 Å². The van der Waals surface area contributed by atoms with Crippen molar-refractivity contribution >= 4 is 35.8 Å². The summed E-state index contributed by atoms with van der Waals surface area (Å²) in [6, 6.07) is 0. The summed E-state index contributed by atoms with van der Waals surface area (Å²) in [6.45, 7) is 2.98. The number of unbranched alkanes of at least 4 members (excludes halogenated alkanes) is 1. The van der Waals surface area contributed by atoms with Crippen LogP contribution in [0.4, 0.5) is 0 Å². The molecule has 0 aliphatic rings. The summed E-state index contributed by atoms with van der Waals surface area (Å²) in [5, 5.41) is 0. The van der Waals surface area contributed by atoms with E-state index in [0.717, 1.165) is 21.6 Å². The number of rotatable bonds is 8. The summed E-state index contributed by atoms with van der Waals surface area (Å²) in [6.07, 6.45) is 2.31. The highest BCUT2D eigenvalue weighted by Crippen LogP contribution is 2.20. The van der Waals surface area contributed by atoms with Crippen molar-refractivity contribution < 1.29 is 4.52 Å². The summed E-state index contributed by atoms with van der Waals surface area (Å²) in [4.78, 5) is 5.96. The molecular weight excluding hydrogens is 230 g/mol. The van der Waals surface area contributed by atoms with Gasteiger partial charge in [-0.25, -0.2) is 9.37 Å². The summed E-state index contributed by atoms with van der Waals surface area (Å²) in [5.74, 6) is 0. The van der Waals surface area contributed by atoms with Gasteiger partial charge in [-0.2, -0.15) is 0 Å². The smallest absolute Gasteiger partial charge is 0.143 e. The SMILES string of the molecule is CCCCOPN=PNPNP. The van der Waals surface area contributed by atoms with Gasteiger partial charge < -0.3 is 4.52 Å². The Labute approximate surface area is 81.4 Å². The van der Waals surface area contributed by atoms with Crippen LogP contribution in [0.25, 0.3) is 0 Å². The van der Waals surface area contributed by atoms with E-state index in [1.165, 1.54) is 6.42 Å². The molecule has 0 spiro atoms. The molecule has 8 heteroatoms. The Bertz CT molecular complexity index is 114. The molecule has 3 unspecified atom stereocenters. The number of hydrogen-bond donors (Lipinski definition) is 2. The van der Waals surface area contributed by atoms with Crippen molar-refractivity contribution in [3.8, 4) is 0 Å². The molecule has 0 saturated carbocycles. The van der Waals surface area contributed by atoms with Gasteiger partial charge in [0.1, 0.15) is 17.5 Å². The van der Waals surface area contributed by atoms with Crippen molar-refractivity contribution in [3.63, 3.8) is 0 Å². The third-order valence-electron chi connectivity index (χ3n) is 0.933. The lowest BCUT2D eigenvalue weighted by molar-refractivity contribution is 0.352. The zero-order valence-corrected chi connectivity index (χ0v) is 11.1. The normalized spacial score (nSPS) is 13.2. The van der Waals surface area contributed by atoms with Gasteiger partial charge in [0.2, 0.25) is 0 Å². The summed E-state index contributed by atoms with van der Waals surface area (Å²) in [7, 11) is 4.12. The van der Waals surface area contributed by atoms with Crippen LogP contribution in [-0.4, -0.2) is 6.61 Å². The molecule has 0 aromatic heterocycles. The van der Waals surface area contributed by atoms with E-state index in [-0.39, 0.29) is 8.96 Å². The topological polar surface area (TPSA) is 45.6 Å². The summed E-state index contributed by atoms with van der Waals surface area (Å²) >= 11 is 0. The molecule has 0 aliphatic heterocycles. The van der Waals surface area contributed by atoms with E-state index in [2.05, 4.69) is 30.5 Å². The van der Waals surface area contributed by atoms with Crippen LogP contribution in [0.3, 0.4) is 0 Å². The van der Waals surface area contributed by atoms with Crippen molar-refractivity contribution in [2.45, 2.75) is 19.8 Å². The predicted octanol–water partition coefficient (Wildman–Crippen LogP) is 2.83. The van der Waals surface area contributed by atoms with E-state index in [1.807, 2.05) is 0 Å². The average Bonchev–Trinajstić information content (AvgIpc) is 2.10. The molecule has 0 heterocycles. The fourth-order valence-electron chi connectivity index (χ4n) is 0.394. The Hall–Kier alpha value is 1.27. The van der Waals surface area contributed by atoms with Gasteiger partial charge in [0.05, 0.1) is 6.61 Å². The van der Waals surface area contributed by atoms with E-state index < -0.39 is 0 Å². The van der Waals surface area contributed by atoms with Gasteiger partial charge in [0, 0.05) is 8.88 Å². The van der Waals surface area contributed by atoms with Crippen LogP contribution < -0.4 is 9.72 Å². The standard InChI is InChI=1S/C4H15N3OP4/c1-2-3-4-8-12-7-11-6-10-5-9/h5,10,12H,2-4,9H2,1H3,(H,6,7). The maximum atomic E-state index is 5.25.